The van der Waals surface area contributed by atoms with Gasteiger partial charge in [-0.05, 0) is 58.4 Å². The summed E-state index contributed by atoms with van der Waals surface area (Å²) in [6.07, 6.45) is 0. The zero-order chi connectivity index (χ0) is 18.1. The van der Waals surface area contributed by atoms with E-state index in [1.165, 1.54) is 0 Å². The number of nitrogens with zero attached hydrogens (tertiary/aromatic N) is 1. The minimum atomic E-state index is -0.219. The van der Waals surface area contributed by atoms with Gasteiger partial charge in [0.1, 0.15) is 5.52 Å². The Kier molecular flexibility index (Phi) is 4.49. The summed E-state index contributed by atoms with van der Waals surface area (Å²) in [5.41, 5.74) is 3.20. The molecule has 26 heavy (non-hydrogen) atoms. The molecule has 4 rings (SSSR count). The van der Waals surface area contributed by atoms with Crippen LogP contribution in [0.1, 0.15) is 10.4 Å². The second kappa shape index (κ2) is 6.94. The Balaban J connectivity index is 1.68. The summed E-state index contributed by atoms with van der Waals surface area (Å²) in [5, 5.41) is 3.37. The number of hydrogen-bond acceptors (Lipinski definition) is 3. The smallest absolute Gasteiger partial charge is 0.256 e. The van der Waals surface area contributed by atoms with Crippen molar-refractivity contribution in [3.05, 3.63) is 81.8 Å². The van der Waals surface area contributed by atoms with Gasteiger partial charge in [-0.25, -0.2) is 4.98 Å². The number of halogens is 2. The fraction of sp³-hybridized carbons (Fsp3) is 0. The number of carbonyl (C=O) groups is 1. The van der Waals surface area contributed by atoms with Crippen molar-refractivity contribution in [2.24, 2.45) is 0 Å². The molecule has 0 spiro atoms. The highest BCUT2D eigenvalue weighted by atomic mass is 79.9. The van der Waals surface area contributed by atoms with E-state index in [1.807, 2.05) is 42.5 Å². The maximum atomic E-state index is 12.5. The van der Waals surface area contributed by atoms with Gasteiger partial charge in [0.2, 0.25) is 5.89 Å². The van der Waals surface area contributed by atoms with Crippen LogP contribution in [0.3, 0.4) is 0 Å². The molecule has 0 atom stereocenters. The minimum Gasteiger partial charge on any atom is -0.436 e. The molecule has 0 saturated carbocycles. The first-order chi connectivity index (χ1) is 12.6. The summed E-state index contributed by atoms with van der Waals surface area (Å²) >= 11 is 9.70. The molecule has 4 nitrogen and oxygen atoms in total. The number of amides is 1. The Bertz CT molecular complexity index is 1090. The topological polar surface area (TPSA) is 55.1 Å². The Morgan fingerprint density at radius 2 is 1.81 bits per heavy atom. The van der Waals surface area contributed by atoms with Crippen molar-refractivity contribution in [3.8, 4) is 11.5 Å². The van der Waals surface area contributed by atoms with Crippen LogP contribution in [0.5, 0.6) is 0 Å². The van der Waals surface area contributed by atoms with E-state index in [0.717, 1.165) is 9.99 Å². The summed E-state index contributed by atoms with van der Waals surface area (Å²) in [6, 6.07) is 19.9. The molecule has 1 N–H and O–H groups in total. The summed E-state index contributed by atoms with van der Waals surface area (Å²) < 4.78 is 6.51. The summed E-state index contributed by atoms with van der Waals surface area (Å²) in [6.45, 7) is 0. The van der Waals surface area contributed by atoms with Gasteiger partial charge in [-0.2, -0.15) is 0 Å². The van der Waals surface area contributed by atoms with E-state index >= 15 is 0 Å². The van der Waals surface area contributed by atoms with E-state index < -0.39 is 0 Å². The number of fused-ring (bicyclic) bond motifs is 1. The maximum absolute atomic E-state index is 12.5. The van der Waals surface area contributed by atoms with Crippen molar-refractivity contribution in [2.75, 3.05) is 5.32 Å². The van der Waals surface area contributed by atoms with Gasteiger partial charge in [0.25, 0.3) is 5.91 Å². The largest absolute Gasteiger partial charge is 0.436 e. The molecule has 0 fully saturated rings. The van der Waals surface area contributed by atoms with Gasteiger partial charge >= 0.3 is 0 Å². The number of nitrogens with one attached hydrogen (secondary N) is 1. The van der Waals surface area contributed by atoms with E-state index in [0.29, 0.717) is 33.3 Å². The molecule has 0 bridgehead atoms. The lowest BCUT2D eigenvalue weighted by Gasteiger charge is -2.08. The first-order valence-electron chi connectivity index (χ1n) is 7.83. The molecule has 0 aliphatic carbocycles. The van der Waals surface area contributed by atoms with Crippen molar-refractivity contribution in [2.45, 2.75) is 0 Å². The molecule has 0 aliphatic heterocycles. The lowest BCUT2D eigenvalue weighted by atomic mass is 10.1. The zero-order valence-electron chi connectivity index (χ0n) is 13.4. The average Bonchev–Trinajstić information content (AvgIpc) is 3.07. The van der Waals surface area contributed by atoms with Crippen LogP contribution >= 0.6 is 27.5 Å². The molecule has 0 aliphatic rings. The molecule has 1 aromatic heterocycles. The Hall–Kier alpha value is -2.63. The highest BCUT2D eigenvalue weighted by molar-refractivity contribution is 9.10. The molecule has 0 saturated heterocycles. The maximum Gasteiger partial charge on any atom is 0.256 e. The third kappa shape index (κ3) is 3.23. The van der Waals surface area contributed by atoms with Crippen LogP contribution in [0.4, 0.5) is 5.69 Å². The molecule has 1 heterocycles. The van der Waals surface area contributed by atoms with E-state index in [1.54, 1.807) is 24.3 Å². The van der Waals surface area contributed by atoms with Crippen molar-refractivity contribution >= 4 is 50.2 Å². The number of hydrogen-bond donors (Lipinski definition) is 1. The highest BCUT2D eigenvalue weighted by Crippen LogP contribution is 2.32. The molecular formula is C20H12BrClN2O2. The van der Waals surface area contributed by atoms with Crippen LogP contribution in [0.2, 0.25) is 5.02 Å². The summed E-state index contributed by atoms with van der Waals surface area (Å²) in [5.74, 6) is 0.191. The van der Waals surface area contributed by atoms with Crippen molar-refractivity contribution in [1.29, 1.82) is 0 Å². The molecular weight excluding hydrogens is 416 g/mol. The Morgan fingerprint density at radius 3 is 2.62 bits per heavy atom. The quantitative estimate of drug-likeness (QED) is 0.426. The van der Waals surface area contributed by atoms with Gasteiger partial charge in [-0.15, -0.1) is 0 Å². The van der Waals surface area contributed by atoms with Crippen molar-refractivity contribution in [3.63, 3.8) is 0 Å². The van der Waals surface area contributed by atoms with E-state index in [2.05, 4.69) is 26.2 Å². The van der Waals surface area contributed by atoms with Crippen LogP contribution in [0, 0.1) is 0 Å². The summed E-state index contributed by atoms with van der Waals surface area (Å²) in [4.78, 5) is 17.0. The summed E-state index contributed by atoms with van der Waals surface area (Å²) in [7, 11) is 0. The van der Waals surface area contributed by atoms with Gasteiger partial charge in [-0.3, -0.25) is 4.79 Å². The van der Waals surface area contributed by atoms with Crippen molar-refractivity contribution in [1.82, 2.24) is 4.98 Å². The average molecular weight is 428 g/mol. The fourth-order valence-corrected chi connectivity index (χ4v) is 3.26. The van der Waals surface area contributed by atoms with Crippen LogP contribution in [0.25, 0.3) is 22.6 Å². The molecule has 4 aromatic rings. The number of para-hydroxylation sites is 2. The van der Waals surface area contributed by atoms with E-state index in [9.17, 15) is 4.79 Å². The minimum absolute atomic E-state index is 0.219. The molecule has 1 amide bonds. The zero-order valence-corrected chi connectivity index (χ0v) is 15.7. The van der Waals surface area contributed by atoms with E-state index in [-0.39, 0.29) is 5.91 Å². The lowest BCUT2D eigenvalue weighted by molar-refractivity contribution is 0.102. The predicted octanol–water partition coefficient (Wildman–Crippen LogP) is 6.16. The second-order valence-corrected chi connectivity index (χ2v) is 6.88. The van der Waals surface area contributed by atoms with Crippen LogP contribution < -0.4 is 5.32 Å². The third-order valence-electron chi connectivity index (χ3n) is 3.87. The number of rotatable bonds is 3. The first-order valence-corrected chi connectivity index (χ1v) is 9.00. The molecule has 6 heteroatoms. The predicted molar refractivity (Wildman–Crippen MR) is 107 cm³/mol. The van der Waals surface area contributed by atoms with Gasteiger partial charge in [0.15, 0.2) is 5.58 Å². The number of oxazole rings is 1. The number of anilines is 1. The Labute approximate surface area is 162 Å². The van der Waals surface area contributed by atoms with Gasteiger partial charge in [-0.1, -0.05) is 35.9 Å². The second-order valence-electron chi connectivity index (χ2n) is 5.62. The van der Waals surface area contributed by atoms with Gasteiger partial charge < -0.3 is 9.73 Å². The number of aromatic nitrogens is 1. The lowest BCUT2D eigenvalue weighted by Crippen LogP contribution is -2.12. The van der Waals surface area contributed by atoms with Crippen molar-refractivity contribution < 1.29 is 9.21 Å². The fourth-order valence-electron chi connectivity index (χ4n) is 2.60. The molecule has 128 valence electrons. The normalized spacial score (nSPS) is 10.8. The first kappa shape index (κ1) is 16.8. The highest BCUT2D eigenvalue weighted by Gasteiger charge is 2.14. The van der Waals surface area contributed by atoms with Gasteiger partial charge in [0, 0.05) is 10.2 Å². The number of carbonyl (C=O) groups excluding carboxylic acids is 1. The van der Waals surface area contributed by atoms with Crippen LogP contribution in [0.15, 0.2) is 75.6 Å². The number of benzene rings is 3. The molecule has 0 radical (unpaired) electrons. The van der Waals surface area contributed by atoms with Crippen LogP contribution in [-0.4, -0.2) is 10.9 Å². The standard InChI is InChI=1S/C20H12BrClN2O2/c21-15-6-2-1-5-13(15)19(25)23-12-9-10-16(22)14(11-12)20-24-17-7-3-4-8-18(17)26-20/h1-11H,(H,23,25). The van der Waals surface area contributed by atoms with Gasteiger partial charge in [0.05, 0.1) is 16.1 Å². The molecule has 0 unspecified atom stereocenters. The third-order valence-corrected chi connectivity index (χ3v) is 4.89. The monoisotopic (exact) mass is 426 g/mol. The SMILES string of the molecule is O=C(Nc1ccc(Cl)c(-c2nc3ccccc3o2)c1)c1ccccc1Br. The van der Waals surface area contributed by atoms with Crippen LogP contribution in [-0.2, 0) is 0 Å². The van der Waals surface area contributed by atoms with E-state index in [4.69, 9.17) is 16.0 Å². The molecule has 3 aromatic carbocycles. The Morgan fingerprint density at radius 1 is 1.04 bits per heavy atom.